The highest BCUT2D eigenvalue weighted by Gasteiger charge is 2.27. The van der Waals surface area contributed by atoms with Gasteiger partial charge in [-0.3, -0.25) is 4.79 Å². The van der Waals surface area contributed by atoms with Gasteiger partial charge < -0.3 is 21.3 Å². The van der Waals surface area contributed by atoms with Gasteiger partial charge in [0.25, 0.3) is 5.91 Å². The maximum absolute atomic E-state index is 11.4. The molecule has 0 bridgehead atoms. The lowest BCUT2D eigenvalue weighted by Gasteiger charge is -2.22. The molecule has 18 heavy (non-hydrogen) atoms. The summed E-state index contributed by atoms with van der Waals surface area (Å²) in [5, 5.41) is 0. The van der Waals surface area contributed by atoms with Crippen LogP contribution in [0, 0.1) is 0 Å². The van der Waals surface area contributed by atoms with Crippen LogP contribution in [-0.2, 0) is 0 Å². The SMILES string of the molecule is CN(C)C1CCN(c2ncc(N)cc2C(N)=O)C1. The number of amides is 1. The van der Waals surface area contributed by atoms with Gasteiger partial charge in [0.15, 0.2) is 0 Å². The Labute approximate surface area is 107 Å². The first-order valence-corrected chi connectivity index (χ1v) is 5.95. The van der Waals surface area contributed by atoms with Crippen molar-refractivity contribution < 1.29 is 4.79 Å². The Bertz CT molecular complexity index is 460. The summed E-state index contributed by atoms with van der Waals surface area (Å²) in [7, 11) is 4.11. The fourth-order valence-electron chi connectivity index (χ4n) is 2.26. The molecule has 1 unspecified atom stereocenters. The molecule has 1 aromatic heterocycles. The van der Waals surface area contributed by atoms with Crippen LogP contribution < -0.4 is 16.4 Å². The van der Waals surface area contributed by atoms with E-state index in [1.807, 2.05) is 0 Å². The molecule has 6 nitrogen and oxygen atoms in total. The Morgan fingerprint density at radius 3 is 2.83 bits per heavy atom. The summed E-state index contributed by atoms with van der Waals surface area (Å²) in [4.78, 5) is 20.0. The topological polar surface area (TPSA) is 88.5 Å². The molecule has 4 N–H and O–H groups in total. The van der Waals surface area contributed by atoms with E-state index in [9.17, 15) is 4.79 Å². The first-order valence-electron chi connectivity index (χ1n) is 5.95. The average molecular weight is 249 g/mol. The molecule has 0 radical (unpaired) electrons. The third-order valence-corrected chi connectivity index (χ3v) is 3.35. The molecule has 1 amide bonds. The summed E-state index contributed by atoms with van der Waals surface area (Å²) in [6.07, 6.45) is 2.61. The second-order valence-corrected chi connectivity index (χ2v) is 4.86. The quantitative estimate of drug-likeness (QED) is 0.781. The zero-order valence-corrected chi connectivity index (χ0v) is 10.8. The van der Waals surface area contributed by atoms with E-state index in [-0.39, 0.29) is 0 Å². The van der Waals surface area contributed by atoms with Gasteiger partial charge in [-0.15, -0.1) is 0 Å². The van der Waals surface area contributed by atoms with Crippen molar-refractivity contribution >= 4 is 17.4 Å². The van der Waals surface area contributed by atoms with Gasteiger partial charge in [0, 0.05) is 19.1 Å². The van der Waals surface area contributed by atoms with Gasteiger partial charge in [0.1, 0.15) is 5.82 Å². The van der Waals surface area contributed by atoms with E-state index in [1.165, 1.54) is 0 Å². The first-order chi connectivity index (χ1) is 8.49. The van der Waals surface area contributed by atoms with Crippen LogP contribution in [0.2, 0.25) is 0 Å². The molecular weight excluding hydrogens is 230 g/mol. The summed E-state index contributed by atoms with van der Waals surface area (Å²) < 4.78 is 0. The minimum absolute atomic E-state index is 0.398. The Balaban J connectivity index is 2.27. The average Bonchev–Trinajstić information content (AvgIpc) is 2.78. The molecule has 1 aromatic rings. The van der Waals surface area contributed by atoms with Gasteiger partial charge >= 0.3 is 0 Å². The van der Waals surface area contributed by atoms with Crippen molar-refractivity contribution in [2.45, 2.75) is 12.5 Å². The van der Waals surface area contributed by atoms with Gasteiger partial charge in [-0.05, 0) is 26.6 Å². The molecule has 1 aliphatic heterocycles. The van der Waals surface area contributed by atoms with Crippen molar-refractivity contribution in [1.29, 1.82) is 0 Å². The molecule has 0 spiro atoms. The first kappa shape index (κ1) is 12.6. The van der Waals surface area contributed by atoms with E-state index < -0.39 is 5.91 Å². The maximum atomic E-state index is 11.4. The highest BCUT2D eigenvalue weighted by atomic mass is 16.1. The molecule has 6 heteroatoms. The lowest BCUT2D eigenvalue weighted by molar-refractivity contribution is 0.100. The van der Waals surface area contributed by atoms with Crippen LogP contribution in [0.1, 0.15) is 16.8 Å². The number of carbonyl (C=O) groups is 1. The molecule has 0 aliphatic carbocycles. The number of anilines is 2. The molecule has 1 aliphatic rings. The Morgan fingerprint density at radius 2 is 2.28 bits per heavy atom. The molecule has 0 aromatic carbocycles. The van der Waals surface area contributed by atoms with E-state index in [0.717, 1.165) is 19.5 Å². The van der Waals surface area contributed by atoms with Gasteiger partial charge in [-0.25, -0.2) is 4.98 Å². The minimum atomic E-state index is -0.488. The summed E-state index contributed by atoms with van der Waals surface area (Å²) in [5.74, 6) is 0.152. The van der Waals surface area contributed by atoms with E-state index in [4.69, 9.17) is 11.5 Å². The van der Waals surface area contributed by atoms with Gasteiger partial charge in [-0.1, -0.05) is 0 Å². The Morgan fingerprint density at radius 1 is 1.56 bits per heavy atom. The standard InChI is InChI=1S/C12H19N5O/c1-16(2)9-3-4-17(7-9)12-10(11(14)18)5-8(13)6-15-12/h5-6,9H,3-4,7,13H2,1-2H3,(H2,14,18). The highest BCUT2D eigenvalue weighted by molar-refractivity contribution is 5.98. The molecular formula is C12H19N5O. The van der Waals surface area contributed by atoms with Crippen molar-refractivity contribution in [2.24, 2.45) is 5.73 Å². The van der Waals surface area contributed by atoms with Gasteiger partial charge in [-0.2, -0.15) is 0 Å². The number of likely N-dealkylation sites (N-methyl/N-ethyl adjacent to an activating group) is 1. The maximum Gasteiger partial charge on any atom is 0.252 e. The van der Waals surface area contributed by atoms with Crippen molar-refractivity contribution in [2.75, 3.05) is 37.8 Å². The van der Waals surface area contributed by atoms with Crippen molar-refractivity contribution in [3.8, 4) is 0 Å². The Hall–Kier alpha value is -1.82. The summed E-state index contributed by atoms with van der Waals surface area (Å²) in [6.45, 7) is 1.73. The largest absolute Gasteiger partial charge is 0.397 e. The molecule has 2 heterocycles. The van der Waals surface area contributed by atoms with Gasteiger partial charge in [0.05, 0.1) is 17.4 Å². The molecule has 1 saturated heterocycles. The summed E-state index contributed by atoms with van der Waals surface area (Å²) in [6, 6.07) is 2.07. The number of hydrogen-bond donors (Lipinski definition) is 2. The number of pyridine rings is 1. The van der Waals surface area contributed by atoms with Crippen LogP contribution in [0.25, 0.3) is 0 Å². The van der Waals surface area contributed by atoms with Crippen LogP contribution in [0.15, 0.2) is 12.3 Å². The molecule has 1 fully saturated rings. The highest BCUT2D eigenvalue weighted by Crippen LogP contribution is 2.24. The lowest BCUT2D eigenvalue weighted by atomic mass is 10.2. The second-order valence-electron chi connectivity index (χ2n) is 4.86. The molecule has 2 rings (SSSR count). The Kier molecular flexibility index (Phi) is 3.38. The fourth-order valence-corrected chi connectivity index (χ4v) is 2.26. The number of nitrogens with two attached hydrogens (primary N) is 2. The number of nitrogen functional groups attached to an aromatic ring is 1. The van der Waals surface area contributed by atoms with Crippen LogP contribution in [0.4, 0.5) is 11.5 Å². The second kappa shape index (κ2) is 4.81. The number of aromatic nitrogens is 1. The molecule has 1 atom stereocenters. The van der Waals surface area contributed by atoms with Crippen molar-refractivity contribution in [1.82, 2.24) is 9.88 Å². The van der Waals surface area contributed by atoms with Crippen LogP contribution >= 0.6 is 0 Å². The molecule has 98 valence electrons. The van der Waals surface area contributed by atoms with Crippen LogP contribution in [-0.4, -0.2) is 49.0 Å². The summed E-state index contributed by atoms with van der Waals surface area (Å²) >= 11 is 0. The zero-order valence-electron chi connectivity index (χ0n) is 10.8. The number of hydrogen-bond acceptors (Lipinski definition) is 5. The van der Waals surface area contributed by atoms with E-state index >= 15 is 0 Å². The summed E-state index contributed by atoms with van der Waals surface area (Å²) in [5.41, 5.74) is 11.9. The number of carbonyl (C=O) groups excluding carboxylic acids is 1. The third kappa shape index (κ3) is 2.38. The normalized spacial score (nSPS) is 19.5. The predicted octanol–water partition coefficient (Wildman–Crippen LogP) is -0.0970. The third-order valence-electron chi connectivity index (χ3n) is 3.35. The number of primary amides is 1. The number of rotatable bonds is 3. The van der Waals surface area contributed by atoms with Crippen LogP contribution in [0.5, 0.6) is 0 Å². The zero-order chi connectivity index (χ0) is 13.3. The monoisotopic (exact) mass is 249 g/mol. The van der Waals surface area contributed by atoms with Crippen molar-refractivity contribution in [3.05, 3.63) is 17.8 Å². The van der Waals surface area contributed by atoms with E-state index in [0.29, 0.717) is 23.1 Å². The molecule has 0 saturated carbocycles. The fraction of sp³-hybridized carbons (Fsp3) is 0.500. The van der Waals surface area contributed by atoms with E-state index in [2.05, 4.69) is 28.9 Å². The van der Waals surface area contributed by atoms with E-state index in [1.54, 1.807) is 12.3 Å². The smallest absolute Gasteiger partial charge is 0.252 e. The van der Waals surface area contributed by atoms with Crippen LogP contribution in [0.3, 0.4) is 0 Å². The minimum Gasteiger partial charge on any atom is -0.397 e. The predicted molar refractivity (Wildman–Crippen MR) is 71.5 cm³/mol. The van der Waals surface area contributed by atoms with Gasteiger partial charge in [0.2, 0.25) is 0 Å². The number of nitrogens with zero attached hydrogens (tertiary/aromatic N) is 3. The lowest BCUT2D eigenvalue weighted by Crippen LogP contribution is -2.32. The van der Waals surface area contributed by atoms with Crippen molar-refractivity contribution in [3.63, 3.8) is 0 Å².